The number of carbonyl (C=O) groups is 3. The number of carboxylic acid groups (broad SMARTS) is 2. The maximum atomic E-state index is 12.6. The lowest BCUT2D eigenvalue weighted by molar-refractivity contribution is -0.121. The molecule has 0 saturated carbocycles. The van der Waals surface area contributed by atoms with Gasteiger partial charge in [0.25, 0.3) is 5.91 Å². The number of amidine groups is 1. The summed E-state index contributed by atoms with van der Waals surface area (Å²) in [5.74, 6) is -1.32. The van der Waals surface area contributed by atoms with Gasteiger partial charge in [0.05, 0.1) is 21.7 Å². The molecule has 9 heteroatoms. The Morgan fingerprint density at radius 3 is 2.41 bits per heavy atom. The summed E-state index contributed by atoms with van der Waals surface area (Å²) in [5.41, 5.74) is 1.43. The number of carbonyl (C=O) groups excluding carboxylic acids is 1. The summed E-state index contributed by atoms with van der Waals surface area (Å²) in [7, 11) is 1.59. The van der Waals surface area contributed by atoms with Gasteiger partial charge in [-0.3, -0.25) is 9.69 Å². The van der Waals surface area contributed by atoms with E-state index in [1.165, 1.54) is 29.2 Å². The van der Waals surface area contributed by atoms with Crippen molar-refractivity contribution >= 4 is 46.5 Å². The van der Waals surface area contributed by atoms with Gasteiger partial charge in [-0.2, -0.15) is 0 Å². The number of benzene rings is 2. The Bertz CT molecular complexity index is 1290. The zero-order valence-corrected chi connectivity index (χ0v) is 17.5. The number of aliphatic imine (C=N–C) groups is 1. The van der Waals surface area contributed by atoms with Crippen molar-refractivity contribution in [2.24, 2.45) is 4.99 Å². The number of carboxylic acids is 2. The molecule has 3 aromatic rings. The van der Waals surface area contributed by atoms with E-state index in [1.54, 1.807) is 49.5 Å². The molecular weight excluding hydrogens is 432 g/mol. The average molecular weight is 448 g/mol. The Labute approximate surface area is 186 Å². The number of rotatable bonds is 5. The fourth-order valence-electron chi connectivity index (χ4n) is 2.96. The highest BCUT2D eigenvalue weighted by molar-refractivity contribution is 8.18. The summed E-state index contributed by atoms with van der Waals surface area (Å²) in [4.78, 5) is 41.0. The molecule has 0 bridgehead atoms. The molecule has 4 rings (SSSR count). The second kappa shape index (κ2) is 8.56. The van der Waals surface area contributed by atoms with E-state index in [4.69, 9.17) is 14.6 Å². The van der Waals surface area contributed by atoms with E-state index in [9.17, 15) is 14.4 Å². The van der Waals surface area contributed by atoms with Gasteiger partial charge in [0.15, 0.2) is 5.17 Å². The Kier molecular flexibility index (Phi) is 5.65. The molecule has 0 radical (unpaired) electrons. The van der Waals surface area contributed by atoms with Crippen molar-refractivity contribution in [1.29, 1.82) is 0 Å². The number of amides is 1. The van der Waals surface area contributed by atoms with Crippen molar-refractivity contribution < 1.29 is 29.0 Å². The monoisotopic (exact) mass is 448 g/mol. The molecule has 160 valence electrons. The second-order valence-corrected chi connectivity index (χ2v) is 7.82. The first-order chi connectivity index (χ1) is 15.3. The SMILES string of the molecule is CN1C(=O)/C(=C\c2ccc(-c3ccc(C(=O)O)cc3)o2)SC1=Nc1cccc(C(=O)O)c1. The number of likely N-dealkylation sites (N-methyl/N-ethyl adjacent to an activating group) is 1. The third-order valence-electron chi connectivity index (χ3n) is 4.64. The molecule has 0 unspecified atom stereocenters. The molecule has 1 aliphatic heterocycles. The standard InChI is InChI=1S/C23H16N2O6S/c1-25-20(26)19(32-23(25)24-16-4-2-3-15(11-16)22(29)30)12-17-9-10-18(31-17)13-5-7-14(8-6-13)21(27)28/h2-12H,1H3,(H,27,28)(H,29,30)/b19-12+,24-23?. The van der Waals surface area contributed by atoms with Crippen molar-refractivity contribution in [3.05, 3.63) is 82.5 Å². The Balaban J connectivity index is 1.56. The maximum Gasteiger partial charge on any atom is 0.335 e. The molecule has 0 spiro atoms. The van der Waals surface area contributed by atoms with Gasteiger partial charge in [-0.1, -0.05) is 18.2 Å². The van der Waals surface area contributed by atoms with Gasteiger partial charge in [-0.15, -0.1) is 0 Å². The molecule has 2 N–H and O–H groups in total. The summed E-state index contributed by atoms with van der Waals surface area (Å²) in [6.07, 6.45) is 1.61. The molecule has 2 heterocycles. The lowest BCUT2D eigenvalue weighted by Crippen LogP contribution is -2.23. The van der Waals surface area contributed by atoms with Gasteiger partial charge >= 0.3 is 11.9 Å². The predicted molar refractivity (Wildman–Crippen MR) is 120 cm³/mol. The van der Waals surface area contributed by atoms with Crippen LogP contribution in [0.4, 0.5) is 5.69 Å². The highest BCUT2D eigenvalue weighted by atomic mass is 32.2. The van der Waals surface area contributed by atoms with Crippen LogP contribution in [0.15, 0.2) is 75.0 Å². The molecule has 0 atom stereocenters. The molecule has 0 aliphatic carbocycles. The number of hydrogen-bond donors (Lipinski definition) is 2. The third-order valence-corrected chi connectivity index (χ3v) is 5.70. The summed E-state index contributed by atoms with van der Waals surface area (Å²) in [6.45, 7) is 0. The minimum absolute atomic E-state index is 0.110. The molecule has 32 heavy (non-hydrogen) atoms. The van der Waals surface area contributed by atoms with Crippen molar-refractivity contribution in [2.75, 3.05) is 7.05 Å². The molecule has 1 amide bonds. The molecule has 1 saturated heterocycles. The first-order valence-electron chi connectivity index (χ1n) is 9.35. The summed E-state index contributed by atoms with van der Waals surface area (Å²) < 4.78 is 5.80. The third kappa shape index (κ3) is 4.33. The van der Waals surface area contributed by atoms with Gasteiger partial charge in [0.2, 0.25) is 0 Å². The van der Waals surface area contributed by atoms with E-state index in [0.717, 1.165) is 11.8 Å². The molecule has 1 aliphatic rings. The van der Waals surface area contributed by atoms with Gasteiger partial charge in [0, 0.05) is 18.7 Å². The van der Waals surface area contributed by atoms with Crippen molar-refractivity contribution in [3.63, 3.8) is 0 Å². The number of furan rings is 1. The Hall–Kier alpha value is -4.11. The summed E-state index contributed by atoms with van der Waals surface area (Å²) in [6, 6.07) is 15.9. The number of aromatic carboxylic acids is 2. The van der Waals surface area contributed by atoms with Crippen LogP contribution in [0.5, 0.6) is 0 Å². The number of thioether (sulfide) groups is 1. The fraction of sp³-hybridized carbons (Fsp3) is 0.0435. The zero-order valence-electron chi connectivity index (χ0n) is 16.7. The quantitative estimate of drug-likeness (QED) is 0.548. The van der Waals surface area contributed by atoms with Crippen molar-refractivity contribution in [3.8, 4) is 11.3 Å². The normalized spacial score (nSPS) is 16.2. The minimum atomic E-state index is -1.05. The van der Waals surface area contributed by atoms with Crippen LogP contribution in [0.3, 0.4) is 0 Å². The zero-order chi connectivity index (χ0) is 22.8. The van der Waals surface area contributed by atoms with Crippen LogP contribution >= 0.6 is 11.8 Å². The average Bonchev–Trinajstić information content (AvgIpc) is 3.35. The molecule has 1 fully saturated rings. The highest BCUT2D eigenvalue weighted by Crippen LogP contribution is 2.34. The van der Waals surface area contributed by atoms with Crippen LogP contribution in [0.2, 0.25) is 0 Å². The summed E-state index contributed by atoms with van der Waals surface area (Å²) >= 11 is 1.16. The van der Waals surface area contributed by atoms with E-state index in [1.807, 2.05) is 0 Å². The van der Waals surface area contributed by atoms with Crippen LogP contribution in [0.1, 0.15) is 26.5 Å². The first kappa shape index (κ1) is 21.1. The molecular formula is C23H16N2O6S. The van der Waals surface area contributed by atoms with Crippen LogP contribution in [-0.2, 0) is 4.79 Å². The molecule has 2 aromatic carbocycles. The van der Waals surface area contributed by atoms with E-state index in [-0.39, 0.29) is 17.0 Å². The lowest BCUT2D eigenvalue weighted by Gasteiger charge is -2.07. The van der Waals surface area contributed by atoms with E-state index < -0.39 is 11.9 Å². The smallest absolute Gasteiger partial charge is 0.335 e. The largest absolute Gasteiger partial charge is 0.478 e. The maximum absolute atomic E-state index is 12.6. The minimum Gasteiger partial charge on any atom is -0.478 e. The van der Waals surface area contributed by atoms with Crippen LogP contribution in [0.25, 0.3) is 17.4 Å². The summed E-state index contributed by atoms with van der Waals surface area (Å²) in [5, 5.41) is 18.5. The van der Waals surface area contributed by atoms with Crippen molar-refractivity contribution in [2.45, 2.75) is 0 Å². The Morgan fingerprint density at radius 1 is 1.00 bits per heavy atom. The van der Waals surface area contributed by atoms with Gasteiger partial charge in [-0.05, 0) is 54.2 Å². The second-order valence-electron chi connectivity index (χ2n) is 6.81. The first-order valence-corrected chi connectivity index (χ1v) is 10.2. The van der Waals surface area contributed by atoms with Crippen LogP contribution in [-0.4, -0.2) is 45.2 Å². The Morgan fingerprint density at radius 2 is 1.72 bits per heavy atom. The van der Waals surface area contributed by atoms with Gasteiger partial charge in [-0.25, -0.2) is 14.6 Å². The van der Waals surface area contributed by atoms with Gasteiger partial charge in [0.1, 0.15) is 11.5 Å². The van der Waals surface area contributed by atoms with Gasteiger partial charge < -0.3 is 14.6 Å². The van der Waals surface area contributed by atoms with Crippen LogP contribution < -0.4 is 0 Å². The number of nitrogens with zero attached hydrogens (tertiary/aromatic N) is 2. The highest BCUT2D eigenvalue weighted by Gasteiger charge is 2.30. The topological polar surface area (TPSA) is 120 Å². The van der Waals surface area contributed by atoms with E-state index >= 15 is 0 Å². The molecule has 1 aromatic heterocycles. The molecule has 8 nitrogen and oxygen atoms in total. The van der Waals surface area contributed by atoms with Crippen molar-refractivity contribution in [1.82, 2.24) is 4.90 Å². The van der Waals surface area contributed by atoms with Crippen LogP contribution in [0, 0.1) is 0 Å². The lowest BCUT2D eigenvalue weighted by atomic mass is 10.1. The fourth-order valence-corrected chi connectivity index (χ4v) is 3.93. The van der Waals surface area contributed by atoms with E-state index in [2.05, 4.69) is 4.99 Å². The number of hydrogen-bond acceptors (Lipinski definition) is 6. The van der Waals surface area contributed by atoms with E-state index in [0.29, 0.717) is 32.8 Å². The predicted octanol–water partition coefficient (Wildman–Crippen LogP) is 4.58.